The van der Waals surface area contributed by atoms with Crippen LogP contribution < -0.4 is 5.73 Å². The first kappa shape index (κ1) is 11.6. The van der Waals surface area contributed by atoms with Gasteiger partial charge in [0.1, 0.15) is 5.82 Å². The van der Waals surface area contributed by atoms with Gasteiger partial charge in [-0.05, 0) is 18.6 Å². The molecule has 2 heterocycles. The molecule has 0 bridgehead atoms. The van der Waals surface area contributed by atoms with Crippen molar-refractivity contribution in [3.8, 4) is 5.82 Å². The number of anilines is 1. The van der Waals surface area contributed by atoms with Crippen molar-refractivity contribution < 1.29 is 0 Å². The van der Waals surface area contributed by atoms with Gasteiger partial charge in [-0.25, -0.2) is 15.0 Å². The number of rotatable bonds is 3. The van der Waals surface area contributed by atoms with Crippen LogP contribution in [-0.4, -0.2) is 19.5 Å². The highest BCUT2D eigenvalue weighted by atomic mass is 15.2. The molecule has 0 spiro atoms. The van der Waals surface area contributed by atoms with Crippen LogP contribution in [0.4, 0.5) is 5.82 Å². The highest BCUT2D eigenvalue weighted by Gasteiger charge is 2.11. The summed E-state index contributed by atoms with van der Waals surface area (Å²) in [5.74, 6) is 2.03. The lowest BCUT2D eigenvalue weighted by atomic mass is 10.3. The fraction of sp³-hybridized carbons (Fsp3) is 0.214. The van der Waals surface area contributed by atoms with Crippen LogP contribution in [0.3, 0.4) is 0 Å². The minimum Gasteiger partial charge on any atom is -0.381 e. The van der Waals surface area contributed by atoms with E-state index in [1.165, 1.54) is 0 Å². The molecule has 3 rings (SSSR count). The van der Waals surface area contributed by atoms with E-state index in [9.17, 15) is 0 Å². The number of nitrogens with two attached hydrogens (primary N) is 1. The summed E-state index contributed by atoms with van der Waals surface area (Å²) in [6, 6.07) is 7.71. The first-order chi connectivity index (χ1) is 9.29. The lowest BCUT2D eigenvalue weighted by Gasteiger charge is -2.09. The lowest BCUT2D eigenvalue weighted by molar-refractivity contribution is 0.799. The summed E-state index contributed by atoms with van der Waals surface area (Å²) >= 11 is 0. The SMILES string of the molecule is CCCc1nccn1-c1nc2ccccc2nc1N. The summed E-state index contributed by atoms with van der Waals surface area (Å²) in [4.78, 5) is 13.3. The van der Waals surface area contributed by atoms with Crippen LogP contribution in [-0.2, 0) is 6.42 Å². The van der Waals surface area contributed by atoms with Gasteiger partial charge in [-0.2, -0.15) is 0 Å². The zero-order valence-corrected chi connectivity index (χ0v) is 10.7. The normalized spacial score (nSPS) is 11.0. The van der Waals surface area contributed by atoms with Crippen molar-refractivity contribution in [1.82, 2.24) is 19.5 Å². The van der Waals surface area contributed by atoms with Gasteiger partial charge < -0.3 is 5.73 Å². The Labute approximate surface area is 111 Å². The quantitative estimate of drug-likeness (QED) is 0.777. The second kappa shape index (κ2) is 4.68. The molecule has 0 atom stereocenters. The van der Waals surface area contributed by atoms with Crippen LogP contribution in [0.15, 0.2) is 36.7 Å². The molecule has 0 radical (unpaired) electrons. The van der Waals surface area contributed by atoms with Gasteiger partial charge in [0.15, 0.2) is 11.6 Å². The van der Waals surface area contributed by atoms with E-state index < -0.39 is 0 Å². The van der Waals surface area contributed by atoms with Gasteiger partial charge >= 0.3 is 0 Å². The highest BCUT2D eigenvalue weighted by Crippen LogP contribution is 2.19. The summed E-state index contributed by atoms with van der Waals surface area (Å²) in [7, 11) is 0. The first-order valence-corrected chi connectivity index (χ1v) is 6.34. The summed E-state index contributed by atoms with van der Waals surface area (Å²) in [5, 5.41) is 0. The third-order valence-electron chi connectivity index (χ3n) is 3.00. The van der Waals surface area contributed by atoms with Crippen molar-refractivity contribution in [2.24, 2.45) is 0 Å². The predicted molar refractivity (Wildman–Crippen MR) is 75.1 cm³/mol. The molecule has 0 fully saturated rings. The Hall–Kier alpha value is -2.43. The molecule has 2 aromatic heterocycles. The van der Waals surface area contributed by atoms with E-state index in [0.717, 1.165) is 29.7 Å². The number of hydrogen-bond acceptors (Lipinski definition) is 4. The molecule has 96 valence electrons. The Morgan fingerprint density at radius 3 is 2.63 bits per heavy atom. The number of aryl methyl sites for hydroxylation is 1. The molecule has 3 aromatic rings. The van der Waals surface area contributed by atoms with Gasteiger partial charge in [-0.15, -0.1) is 0 Å². The first-order valence-electron chi connectivity index (χ1n) is 6.34. The maximum absolute atomic E-state index is 6.02. The molecule has 0 saturated heterocycles. The van der Waals surface area contributed by atoms with E-state index in [4.69, 9.17) is 5.73 Å². The largest absolute Gasteiger partial charge is 0.381 e. The number of aromatic nitrogens is 4. The third-order valence-corrected chi connectivity index (χ3v) is 3.00. The molecular weight excluding hydrogens is 238 g/mol. The Kier molecular flexibility index (Phi) is 2.87. The van der Waals surface area contributed by atoms with Crippen molar-refractivity contribution in [2.75, 3.05) is 5.73 Å². The minimum atomic E-state index is 0.425. The fourth-order valence-corrected chi connectivity index (χ4v) is 2.12. The fourth-order valence-electron chi connectivity index (χ4n) is 2.12. The zero-order valence-electron chi connectivity index (χ0n) is 10.7. The molecule has 1 aromatic carbocycles. The second-order valence-electron chi connectivity index (χ2n) is 4.38. The van der Waals surface area contributed by atoms with E-state index in [2.05, 4.69) is 21.9 Å². The Morgan fingerprint density at radius 2 is 1.89 bits per heavy atom. The molecular formula is C14H15N5. The van der Waals surface area contributed by atoms with Gasteiger partial charge in [-0.1, -0.05) is 19.1 Å². The number of nitrogen functional groups attached to an aromatic ring is 1. The molecule has 2 N–H and O–H groups in total. The molecule has 0 aliphatic rings. The Morgan fingerprint density at radius 1 is 1.16 bits per heavy atom. The average molecular weight is 253 g/mol. The van der Waals surface area contributed by atoms with E-state index in [-0.39, 0.29) is 0 Å². The van der Waals surface area contributed by atoms with E-state index in [0.29, 0.717) is 11.6 Å². The van der Waals surface area contributed by atoms with Crippen molar-refractivity contribution in [2.45, 2.75) is 19.8 Å². The number of benzene rings is 1. The molecule has 0 saturated carbocycles. The van der Waals surface area contributed by atoms with Crippen molar-refractivity contribution in [3.63, 3.8) is 0 Å². The second-order valence-corrected chi connectivity index (χ2v) is 4.38. The van der Waals surface area contributed by atoms with Crippen LogP contribution in [0.2, 0.25) is 0 Å². The summed E-state index contributed by atoms with van der Waals surface area (Å²) in [6.45, 7) is 2.12. The standard InChI is InChI=1S/C14H15N5/c1-2-5-12-16-8-9-19(12)14-13(15)17-10-6-3-4-7-11(10)18-14/h3-4,6-9H,2,5H2,1H3,(H2,15,17). The minimum absolute atomic E-state index is 0.425. The van der Waals surface area contributed by atoms with Crippen molar-refractivity contribution in [1.29, 1.82) is 0 Å². The summed E-state index contributed by atoms with van der Waals surface area (Å²) in [6.07, 6.45) is 5.56. The number of para-hydroxylation sites is 2. The van der Waals surface area contributed by atoms with Gasteiger partial charge in [-0.3, -0.25) is 4.57 Å². The van der Waals surface area contributed by atoms with Crippen LogP contribution >= 0.6 is 0 Å². The van der Waals surface area contributed by atoms with Crippen LogP contribution in [0.5, 0.6) is 0 Å². The smallest absolute Gasteiger partial charge is 0.181 e. The van der Waals surface area contributed by atoms with Gasteiger partial charge in [0, 0.05) is 18.8 Å². The molecule has 5 heteroatoms. The van der Waals surface area contributed by atoms with Crippen LogP contribution in [0.1, 0.15) is 19.2 Å². The number of imidazole rings is 1. The van der Waals surface area contributed by atoms with Crippen molar-refractivity contribution in [3.05, 3.63) is 42.5 Å². The summed E-state index contributed by atoms with van der Waals surface area (Å²) in [5.41, 5.74) is 7.66. The number of nitrogens with zero attached hydrogens (tertiary/aromatic N) is 4. The monoisotopic (exact) mass is 253 g/mol. The molecule has 0 aliphatic carbocycles. The van der Waals surface area contributed by atoms with Crippen LogP contribution in [0.25, 0.3) is 16.9 Å². The topological polar surface area (TPSA) is 69.6 Å². The van der Waals surface area contributed by atoms with Gasteiger partial charge in [0.25, 0.3) is 0 Å². The lowest BCUT2D eigenvalue weighted by Crippen LogP contribution is -2.08. The molecule has 5 nitrogen and oxygen atoms in total. The average Bonchev–Trinajstić information content (AvgIpc) is 2.86. The van der Waals surface area contributed by atoms with Gasteiger partial charge in [0.05, 0.1) is 11.0 Å². The third kappa shape index (κ3) is 2.03. The van der Waals surface area contributed by atoms with Crippen LogP contribution in [0, 0.1) is 0 Å². The maximum Gasteiger partial charge on any atom is 0.181 e. The number of fused-ring (bicyclic) bond motifs is 1. The summed E-state index contributed by atoms with van der Waals surface area (Å²) < 4.78 is 1.91. The Bertz CT molecular complexity index is 717. The van der Waals surface area contributed by atoms with E-state index in [1.807, 2.05) is 35.0 Å². The molecule has 0 aliphatic heterocycles. The number of hydrogen-bond donors (Lipinski definition) is 1. The van der Waals surface area contributed by atoms with Crippen molar-refractivity contribution >= 4 is 16.9 Å². The maximum atomic E-state index is 6.02. The van der Waals surface area contributed by atoms with E-state index >= 15 is 0 Å². The molecule has 0 amide bonds. The highest BCUT2D eigenvalue weighted by molar-refractivity contribution is 5.77. The molecule has 0 unspecified atom stereocenters. The molecule has 19 heavy (non-hydrogen) atoms. The zero-order chi connectivity index (χ0) is 13.2. The Balaban J connectivity index is 2.18. The van der Waals surface area contributed by atoms with Gasteiger partial charge in [0.2, 0.25) is 0 Å². The predicted octanol–water partition coefficient (Wildman–Crippen LogP) is 2.35. The van der Waals surface area contributed by atoms with E-state index in [1.54, 1.807) is 6.20 Å².